The van der Waals surface area contributed by atoms with E-state index in [0.29, 0.717) is 18.0 Å². The first-order chi connectivity index (χ1) is 13.3. The van der Waals surface area contributed by atoms with E-state index in [-0.39, 0.29) is 34.9 Å². The number of hydrogen-bond donors (Lipinski definition) is 2. The highest BCUT2D eigenvalue weighted by molar-refractivity contribution is 7.89. The van der Waals surface area contributed by atoms with Gasteiger partial charge in [0.15, 0.2) is 0 Å². The second-order valence-electron chi connectivity index (χ2n) is 8.78. The predicted octanol–water partition coefficient (Wildman–Crippen LogP) is 2.53. The summed E-state index contributed by atoms with van der Waals surface area (Å²) in [6.07, 6.45) is 5.98. The Kier molecular flexibility index (Phi) is 5.51. The highest BCUT2D eigenvalue weighted by atomic mass is 32.2. The van der Waals surface area contributed by atoms with Crippen molar-refractivity contribution in [2.45, 2.75) is 75.0 Å². The zero-order chi connectivity index (χ0) is 19.9. The number of carbonyl (C=O) groups is 1. The van der Waals surface area contributed by atoms with Crippen LogP contribution in [0.2, 0.25) is 0 Å². The molecule has 2 saturated carbocycles. The monoisotopic (exact) mass is 406 g/mol. The number of nitrogens with one attached hydrogen (secondary N) is 1. The van der Waals surface area contributed by atoms with Crippen LogP contribution in [-0.4, -0.2) is 49.1 Å². The Bertz CT molecular complexity index is 837. The molecule has 2 N–H and O–H groups in total. The third kappa shape index (κ3) is 4.11. The van der Waals surface area contributed by atoms with E-state index in [1.807, 2.05) is 4.90 Å². The van der Waals surface area contributed by atoms with Gasteiger partial charge in [-0.3, -0.25) is 4.79 Å². The van der Waals surface area contributed by atoms with E-state index < -0.39 is 10.0 Å². The molecule has 0 aromatic heterocycles. The van der Waals surface area contributed by atoms with Crippen molar-refractivity contribution in [3.05, 3.63) is 29.8 Å². The molecular formula is C21H30N2O4S. The molecule has 1 amide bonds. The van der Waals surface area contributed by atoms with E-state index in [1.54, 1.807) is 12.1 Å². The number of sulfonamides is 1. The molecule has 0 unspecified atom stereocenters. The summed E-state index contributed by atoms with van der Waals surface area (Å²) in [5.41, 5.74) is 0.406. The van der Waals surface area contributed by atoms with Crippen LogP contribution < -0.4 is 4.72 Å². The maximum absolute atomic E-state index is 13.2. The van der Waals surface area contributed by atoms with Crippen LogP contribution in [0.25, 0.3) is 0 Å². The highest BCUT2D eigenvalue weighted by Gasteiger charge is 2.40. The number of aliphatic hydroxyl groups excluding tert-OH is 1. The first kappa shape index (κ1) is 19.9. The molecule has 0 spiro atoms. The van der Waals surface area contributed by atoms with Crippen molar-refractivity contribution < 1.29 is 18.3 Å². The van der Waals surface area contributed by atoms with Gasteiger partial charge in [0.25, 0.3) is 5.91 Å². The van der Waals surface area contributed by atoms with Gasteiger partial charge in [-0.2, -0.15) is 0 Å². The zero-order valence-corrected chi connectivity index (χ0v) is 17.2. The maximum Gasteiger partial charge on any atom is 0.254 e. The Balaban J connectivity index is 1.54. The normalized spacial score (nSPS) is 31.1. The molecule has 0 bridgehead atoms. The van der Waals surface area contributed by atoms with Gasteiger partial charge in [-0.05, 0) is 69.1 Å². The summed E-state index contributed by atoms with van der Waals surface area (Å²) in [7, 11) is -3.59. The van der Waals surface area contributed by atoms with Crippen LogP contribution >= 0.6 is 0 Å². The Morgan fingerprint density at radius 1 is 1.18 bits per heavy atom. The summed E-state index contributed by atoms with van der Waals surface area (Å²) >= 11 is 0. The molecule has 1 aromatic carbocycles. The predicted molar refractivity (Wildman–Crippen MR) is 106 cm³/mol. The van der Waals surface area contributed by atoms with E-state index in [4.69, 9.17) is 0 Å². The van der Waals surface area contributed by atoms with Gasteiger partial charge in [0.2, 0.25) is 10.0 Å². The maximum atomic E-state index is 13.2. The molecule has 4 rings (SSSR count). The number of amides is 1. The molecule has 0 radical (unpaired) electrons. The fourth-order valence-electron chi connectivity index (χ4n) is 4.76. The fourth-order valence-corrected chi connectivity index (χ4v) is 6.11. The van der Waals surface area contributed by atoms with Gasteiger partial charge in [-0.25, -0.2) is 13.1 Å². The number of benzene rings is 1. The van der Waals surface area contributed by atoms with E-state index in [2.05, 4.69) is 11.6 Å². The lowest BCUT2D eigenvalue weighted by molar-refractivity contribution is 0.00859. The smallest absolute Gasteiger partial charge is 0.254 e. The topological polar surface area (TPSA) is 86.7 Å². The second kappa shape index (κ2) is 7.76. The van der Waals surface area contributed by atoms with E-state index >= 15 is 0 Å². The van der Waals surface area contributed by atoms with Crippen molar-refractivity contribution in [3.8, 4) is 0 Å². The van der Waals surface area contributed by atoms with Gasteiger partial charge in [0, 0.05) is 30.1 Å². The molecule has 7 heteroatoms. The molecule has 1 aromatic rings. The molecule has 1 heterocycles. The van der Waals surface area contributed by atoms with Gasteiger partial charge in [-0.15, -0.1) is 0 Å². The van der Waals surface area contributed by atoms with Crippen molar-refractivity contribution in [2.75, 3.05) is 6.54 Å². The Morgan fingerprint density at radius 2 is 1.96 bits per heavy atom. The summed E-state index contributed by atoms with van der Waals surface area (Å²) in [4.78, 5) is 15.2. The second-order valence-corrected chi connectivity index (χ2v) is 10.5. The minimum Gasteiger partial charge on any atom is -0.393 e. The molecule has 6 nitrogen and oxygen atoms in total. The van der Waals surface area contributed by atoms with E-state index in [1.165, 1.54) is 12.1 Å². The molecule has 28 heavy (non-hydrogen) atoms. The summed E-state index contributed by atoms with van der Waals surface area (Å²) < 4.78 is 27.7. The first-order valence-corrected chi connectivity index (χ1v) is 11.9. The summed E-state index contributed by atoms with van der Waals surface area (Å²) in [6.45, 7) is 2.87. The standard InChI is InChI=1S/C21H30N2O4S/c1-14-7-10-20(24)18(12-14)19-6-3-11-23(19)21(25)15-4-2-5-17(13-15)28(26,27)22-16-8-9-16/h2,4-5,13-14,16,18-20,22,24H,3,6-12H2,1H3/t14-,18-,19+,20+/m1/s1. The molecule has 2 aliphatic carbocycles. The zero-order valence-electron chi connectivity index (χ0n) is 16.4. The number of aliphatic hydroxyl groups is 1. The minimum atomic E-state index is -3.59. The van der Waals surface area contributed by atoms with Gasteiger partial charge in [-0.1, -0.05) is 13.0 Å². The number of rotatable bonds is 5. The average molecular weight is 407 g/mol. The molecule has 154 valence electrons. The van der Waals surface area contributed by atoms with Gasteiger partial charge in [0.1, 0.15) is 0 Å². The summed E-state index contributed by atoms with van der Waals surface area (Å²) in [6, 6.07) is 6.42. The molecule has 4 atom stereocenters. The lowest BCUT2D eigenvalue weighted by Crippen LogP contribution is -2.46. The largest absolute Gasteiger partial charge is 0.393 e. The lowest BCUT2D eigenvalue weighted by Gasteiger charge is -2.39. The van der Waals surface area contributed by atoms with Crippen LogP contribution in [0.3, 0.4) is 0 Å². The minimum absolute atomic E-state index is 0.0297. The number of likely N-dealkylation sites (tertiary alicyclic amines) is 1. The van der Waals surface area contributed by atoms with Gasteiger partial charge in [0.05, 0.1) is 11.0 Å². The van der Waals surface area contributed by atoms with Crippen LogP contribution in [0.4, 0.5) is 0 Å². The van der Waals surface area contributed by atoms with Crippen LogP contribution in [0.1, 0.15) is 62.2 Å². The van der Waals surface area contributed by atoms with Gasteiger partial charge < -0.3 is 10.0 Å². The number of nitrogens with zero attached hydrogens (tertiary/aromatic N) is 1. The number of carbonyl (C=O) groups excluding carboxylic acids is 1. The molecule has 3 aliphatic rings. The van der Waals surface area contributed by atoms with Crippen molar-refractivity contribution in [2.24, 2.45) is 11.8 Å². The highest BCUT2D eigenvalue weighted by Crippen LogP contribution is 2.37. The Morgan fingerprint density at radius 3 is 2.71 bits per heavy atom. The van der Waals surface area contributed by atoms with Crippen LogP contribution in [-0.2, 0) is 10.0 Å². The van der Waals surface area contributed by atoms with Gasteiger partial charge >= 0.3 is 0 Å². The van der Waals surface area contributed by atoms with Crippen molar-refractivity contribution >= 4 is 15.9 Å². The number of hydrogen-bond acceptors (Lipinski definition) is 4. The Labute approximate surface area is 167 Å². The van der Waals surface area contributed by atoms with Crippen LogP contribution in [0.15, 0.2) is 29.2 Å². The Hall–Kier alpha value is -1.44. The first-order valence-electron chi connectivity index (χ1n) is 10.5. The fraction of sp³-hybridized carbons (Fsp3) is 0.667. The third-order valence-corrected chi connectivity index (χ3v) is 7.99. The van der Waals surface area contributed by atoms with Crippen LogP contribution in [0, 0.1) is 11.8 Å². The summed E-state index contributed by atoms with van der Waals surface area (Å²) in [5.74, 6) is 0.544. The van der Waals surface area contributed by atoms with E-state index in [9.17, 15) is 18.3 Å². The SMILES string of the molecule is C[C@@H]1CC[C@H](O)[C@@H]([C@@H]2CCCN2C(=O)c2cccc(S(=O)(=O)NC3CC3)c2)C1. The van der Waals surface area contributed by atoms with Crippen molar-refractivity contribution in [1.29, 1.82) is 0 Å². The molecular weight excluding hydrogens is 376 g/mol. The average Bonchev–Trinajstić information content (AvgIpc) is 3.34. The summed E-state index contributed by atoms with van der Waals surface area (Å²) in [5, 5.41) is 10.5. The molecule has 1 aliphatic heterocycles. The van der Waals surface area contributed by atoms with E-state index in [0.717, 1.165) is 44.9 Å². The lowest BCUT2D eigenvalue weighted by atomic mass is 9.76. The van der Waals surface area contributed by atoms with Crippen molar-refractivity contribution in [3.63, 3.8) is 0 Å². The molecule has 1 saturated heterocycles. The quantitative estimate of drug-likeness (QED) is 0.787. The molecule has 3 fully saturated rings. The van der Waals surface area contributed by atoms with Crippen LogP contribution in [0.5, 0.6) is 0 Å². The van der Waals surface area contributed by atoms with Crippen molar-refractivity contribution in [1.82, 2.24) is 9.62 Å². The third-order valence-electron chi connectivity index (χ3n) is 6.47.